The number of methoxy groups -OCH3 is 1. The number of ether oxygens (including phenoxy) is 1. The summed E-state index contributed by atoms with van der Waals surface area (Å²) in [5.41, 5.74) is 2.20. The molecule has 1 fully saturated rings. The largest absolute Gasteiger partial charge is 0.465 e. The van der Waals surface area contributed by atoms with Crippen molar-refractivity contribution < 1.29 is 14.3 Å². The summed E-state index contributed by atoms with van der Waals surface area (Å²) in [7, 11) is 1.37. The van der Waals surface area contributed by atoms with Crippen LogP contribution in [0.1, 0.15) is 39.1 Å². The van der Waals surface area contributed by atoms with E-state index in [-0.39, 0.29) is 11.9 Å². The number of halogens is 1. The van der Waals surface area contributed by atoms with Crippen LogP contribution >= 0.6 is 15.9 Å². The van der Waals surface area contributed by atoms with Crippen LogP contribution in [0.5, 0.6) is 0 Å². The summed E-state index contributed by atoms with van der Waals surface area (Å²) in [6, 6.07) is 14.7. The summed E-state index contributed by atoms with van der Waals surface area (Å²) in [6.45, 7) is 1.31. The Hall–Kier alpha value is -2.14. The number of hydrogen-bond acceptors (Lipinski definition) is 3. The molecule has 0 spiro atoms. The fourth-order valence-corrected chi connectivity index (χ4v) is 2.96. The Morgan fingerprint density at radius 2 is 1.64 bits per heavy atom. The average molecular weight is 402 g/mol. The van der Waals surface area contributed by atoms with Gasteiger partial charge in [0.15, 0.2) is 0 Å². The van der Waals surface area contributed by atoms with E-state index in [9.17, 15) is 9.59 Å². The molecule has 0 bridgehead atoms. The van der Waals surface area contributed by atoms with E-state index in [1.165, 1.54) is 20.0 Å². The highest BCUT2D eigenvalue weighted by Gasteiger charge is 2.27. The molecule has 2 aromatic rings. The Kier molecular flexibility index (Phi) is 5.53. The monoisotopic (exact) mass is 401 g/mol. The van der Waals surface area contributed by atoms with E-state index in [0.717, 1.165) is 16.6 Å². The van der Waals surface area contributed by atoms with Crippen LogP contribution in [0.15, 0.2) is 53.0 Å². The molecule has 1 aliphatic carbocycles. The average Bonchev–Trinajstić information content (AvgIpc) is 3.45. The number of rotatable bonds is 6. The van der Waals surface area contributed by atoms with Gasteiger partial charge in [0.1, 0.15) is 0 Å². The van der Waals surface area contributed by atoms with E-state index in [0.29, 0.717) is 23.6 Å². The number of benzene rings is 2. The fourth-order valence-electron chi connectivity index (χ4n) is 2.69. The molecule has 2 aromatic carbocycles. The third kappa shape index (κ3) is 4.69. The van der Waals surface area contributed by atoms with Gasteiger partial charge in [-0.1, -0.05) is 28.1 Å². The summed E-state index contributed by atoms with van der Waals surface area (Å²) >= 11 is 3.40. The fraction of sp³-hybridized carbons (Fsp3) is 0.300. The van der Waals surface area contributed by atoms with E-state index >= 15 is 0 Å². The molecule has 4 nitrogen and oxygen atoms in total. The van der Waals surface area contributed by atoms with Gasteiger partial charge in [-0.3, -0.25) is 4.79 Å². The van der Waals surface area contributed by atoms with Gasteiger partial charge >= 0.3 is 5.97 Å². The van der Waals surface area contributed by atoms with Crippen LogP contribution in [0.4, 0.5) is 0 Å². The lowest BCUT2D eigenvalue weighted by Gasteiger charge is -2.23. The quantitative estimate of drug-likeness (QED) is 0.678. The van der Waals surface area contributed by atoms with Gasteiger partial charge in [-0.05, 0) is 60.7 Å². The molecule has 5 heteroatoms. The second-order valence-electron chi connectivity index (χ2n) is 6.32. The molecule has 0 aromatic heterocycles. The van der Waals surface area contributed by atoms with Crippen molar-refractivity contribution in [1.82, 2.24) is 4.90 Å². The molecule has 0 aliphatic heterocycles. The van der Waals surface area contributed by atoms with Crippen molar-refractivity contribution in [3.8, 4) is 0 Å². The molecule has 0 N–H and O–H groups in total. The van der Waals surface area contributed by atoms with Crippen LogP contribution in [0.25, 0.3) is 0 Å². The lowest BCUT2D eigenvalue weighted by Crippen LogP contribution is -2.32. The van der Waals surface area contributed by atoms with Crippen molar-refractivity contribution >= 4 is 27.8 Å². The van der Waals surface area contributed by atoms with Crippen molar-refractivity contribution in [3.63, 3.8) is 0 Å². The zero-order valence-electron chi connectivity index (χ0n) is 14.1. The molecule has 1 aliphatic rings. The molecule has 1 saturated carbocycles. The van der Waals surface area contributed by atoms with E-state index in [1.54, 1.807) is 12.1 Å². The van der Waals surface area contributed by atoms with E-state index < -0.39 is 0 Å². The van der Waals surface area contributed by atoms with Gasteiger partial charge in [-0.15, -0.1) is 0 Å². The maximum absolute atomic E-state index is 12.9. The van der Waals surface area contributed by atoms with Crippen molar-refractivity contribution in [2.45, 2.75) is 19.4 Å². The minimum Gasteiger partial charge on any atom is -0.465 e. The number of hydrogen-bond donors (Lipinski definition) is 0. The molecule has 0 saturated heterocycles. The first kappa shape index (κ1) is 17.7. The van der Waals surface area contributed by atoms with Gasteiger partial charge in [0.05, 0.1) is 12.7 Å². The first-order chi connectivity index (χ1) is 12.1. The maximum atomic E-state index is 12.9. The van der Waals surface area contributed by atoms with Gasteiger partial charge in [-0.2, -0.15) is 0 Å². The third-order valence-electron chi connectivity index (χ3n) is 4.30. The second kappa shape index (κ2) is 7.83. The van der Waals surface area contributed by atoms with Gasteiger partial charge in [0.2, 0.25) is 0 Å². The maximum Gasteiger partial charge on any atom is 0.337 e. The number of carbonyl (C=O) groups is 2. The lowest BCUT2D eigenvalue weighted by molar-refractivity contribution is 0.0600. The van der Waals surface area contributed by atoms with Crippen molar-refractivity contribution in [1.29, 1.82) is 0 Å². The van der Waals surface area contributed by atoms with Crippen LogP contribution in [0.2, 0.25) is 0 Å². The third-order valence-corrected chi connectivity index (χ3v) is 4.83. The standard InChI is InChI=1S/C20H20BrNO3/c1-25-20(24)17-6-4-15(5-7-17)13-22(12-14-2-3-14)19(23)16-8-10-18(21)11-9-16/h4-11,14H,2-3,12-13H2,1H3. The summed E-state index contributed by atoms with van der Waals surface area (Å²) in [5.74, 6) is 0.289. The van der Waals surface area contributed by atoms with Crippen molar-refractivity contribution in [2.24, 2.45) is 5.92 Å². The molecule has 0 heterocycles. The Bertz CT molecular complexity index is 752. The Balaban J connectivity index is 1.75. The molecule has 25 heavy (non-hydrogen) atoms. The van der Waals surface area contributed by atoms with Crippen LogP contribution in [-0.4, -0.2) is 30.4 Å². The summed E-state index contributed by atoms with van der Waals surface area (Å²) in [6.07, 6.45) is 2.37. The minimum absolute atomic E-state index is 0.0384. The Morgan fingerprint density at radius 1 is 1.04 bits per heavy atom. The van der Waals surface area contributed by atoms with Crippen molar-refractivity contribution in [3.05, 3.63) is 69.7 Å². The summed E-state index contributed by atoms with van der Waals surface area (Å²) < 4.78 is 5.67. The summed E-state index contributed by atoms with van der Waals surface area (Å²) in [5, 5.41) is 0. The first-order valence-electron chi connectivity index (χ1n) is 8.29. The Morgan fingerprint density at radius 3 is 2.20 bits per heavy atom. The smallest absolute Gasteiger partial charge is 0.337 e. The number of nitrogens with zero attached hydrogens (tertiary/aromatic N) is 1. The van der Waals surface area contributed by atoms with Crippen LogP contribution < -0.4 is 0 Å². The molecule has 3 rings (SSSR count). The van der Waals surface area contributed by atoms with Crippen molar-refractivity contribution in [2.75, 3.05) is 13.7 Å². The highest BCUT2D eigenvalue weighted by molar-refractivity contribution is 9.10. The van der Waals surface area contributed by atoms with E-state index in [1.807, 2.05) is 41.3 Å². The number of amides is 1. The highest BCUT2D eigenvalue weighted by Crippen LogP contribution is 2.31. The van der Waals surface area contributed by atoms with Gasteiger partial charge in [0.25, 0.3) is 5.91 Å². The number of esters is 1. The molecular weight excluding hydrogens is 382 g/mol. The predicted octanol–water partition coefficient (Wildman–Crippen LogP) is 4.29. The molecule has 130 valence electrons. The predicted molar refractivity (Wildman–Crippen MR) is 99.4 cm³/mol. The van der Waals surface area contributed by atoms with E-state index in [2.05, 4.69) is 15.9 Å². The minimum atomic E-state index is -0.354. The molecule has 1 amide bonds. The van der Waals surface area contributed by atoms with E-state index in [4.69, 9.17) is 4.74 Å². The van der Waals surface area contributed by atoms with Crippen LogP contribution in [0.3, 0.4) is 0 Å². The normalized spacial score (nSPS) is 13.4. The van der Waals surface area contributed by atoms with Gasteiger partial charge in [-0.25, -0.2) is 4.79 Å². The van der Waals surface area contributed by atoms with Gasteiger partial charge in [0, 0.05) is 23.1 Å². The number of carbonyl (C=O) groups excluding carboxylic acids is 2. The van der Waals surface area contributed by atoms with Crippen LogP contribution in [0, 0.1) is 5.92 Å². The molecule has 0 unspecified atom stereocenters. The summed E-state index contributed by atoms with van der Waals surface area (Å²) in [4.78, 5) is 26.3. The molecular formula is C20H20BrNO3. The second-order valence-corrected chi connectivity index (χ2v) is 7.24. The Labute approximate surface area is 155 Å². The first-order valence-corrected chi connectivity index (χ1v) is 9.08. The zero-order valence-corrected chi connectivity index (χ0v) is 15.7. The van der Waals surface area contributed by atoms with Gasteiger partial charge < -0.3 is 9.64 Å². The molecule has 0 radical (unpaired) electrons. The molecule has 0 atom stereocenters. The SMILES string of the molecule is COC(=O)c1ccc(CN(CC2CC2)C(=O)c2ccc(Br)cc2)cc1. The van der Waals surface area contributed by atoms with Crippen LogP contribution in [-0.2, 0) is 11.3 Å². The lowest BCUT2D eigenvalue weighted by atomic mass is 10.1. The zero-order chi connectivity index (χ0) is 17.8. The topological polar surface area (TPSA) is 46.6 Å². The highest BCUT2D eigenvalue weighted by atomic mass is 79.9.